The van der Waals surface area contributed by atoms with E-state index >= 15 is 0 Å². The van der Waals surface area contributed by atoms with E-state index in [4.69, 9.17) is 5.11 Å². The summed E-state index contributed by atoms with van der Waals surface area (Å²) in [6, 6.07) is 0. The molecule has 2 unspecified atom stereocenters. The maximum atomic E-state index is 11.0. The van der Waals surface area contributed by atoms with Crippen LogP contribution in [0.3, 0.4) is 0 Å². The minimum absolute atomic E-state index is 0.152. The second kappa shape index (κ2) is 4.61. The number of carboxylic acid groups (broad SMARTS) is 1. The summed E-state index contributed by atoms with van der Waals surface area (Å²) < 4.78 is 0. The van der Waals surface area contributed by atoms with E-state index in [1.54, 1.807) is 18.6 Å². The lowest BCUT2D eigenvalue weighted by molar-refractivity contribution is -0.141. The molecule has 0 radical (unpaired) electrons. The largest absolute Gasteiger partial charge is 0.481 e. The van der Waals surface area contributed by atoms with Crippen molar-refractivity contribution in [1.29, 1.82) is 0 Å². The van der Waals surface area contributed by atoms with Gasteiger partial charge in [-0.25, -0.2) is 4.98 Å². The van der Waals surface area contributed by atoms with Crippen LogP contribution in [0.1, 0.15) is 19.3 Å². The number of aliphatic carboxylic acids is 1. The van der Waals surface area contributed by atoms with E-state index < -0.39 is 5.97 Å². The van der Waals surface area contributed by atoms with Crippen LogP contribution >= 0.6 is 11.8 Å². The molecule has 15 heavy (non-hydrogen) atoms. The molecule has 1 aromatic heterocycles. The zero-order chi connectivity index (χ0) is 10.7. The van der Waals surface area contributed by atoms with Crippen molar-refractivity contribution < 1.29 is 9.90 Å². The fraction of sp³-hybridized carbons (Fsp3) is 0.500. The summed E-state index contributed by atoms with van der Waals surface area (Å²) in [5.74, 6) is -0.911. The Balaban J connectivity index is 2.03. The minimum atomic E-state index is -0.686. The first-order chi connectivity index (χ1) is 7.27. The predicted molar refractivity (Wildman–Crippen MR) is 56.7 cm³/mol. The highest BCUT2D eigenvalue weighted by Gasteiger charge is 2.33. The third-order valence-corrected chi connectivity index (χ3v) is 3.90. The first-order valence-corrected chi connectivity index (χ1v) is 5.81. The van der Waals surface area contributed by atoms with Gasteiger partial charge in [0.05, 0.1) is 12.1 Å². The van der Waals surface area contributed by atoms with Gasteiger partial charge in [-0.15, -0.1) is 11.8 Å². The Labute approximate surface area is 92.1 Å². The fourth-order valence-corrected chi connectivity index (χ4v) is 3.11. The highest BCUT2D eigenvalue weighted by atomic mass is 32.2. The van der Waals surface area contributed by atoms with Gasteiger partial charge in [0, 0.05) is 17.6 Å². The van der Waals surface area contributed by atoms with Crippen LogP contribution in [0, 0.1) is 5.92 Å². The first-order valence-electron chi connectivity index (χ1n) is 4.93. The van der Waals surface area contributed by atoms with E-state index in [0.717, 1.165) is 24.3 Å². The molecule has 0 bridgehead atoms. The van der Waals surface area contributed by atoms with Crippen LogP contribution in [-0.4, -0.2) is 26.3 Å². The number of aromatic nitrogens is 2. The summed E-state index contributed by atoms with van der Waals surface area (Å²) in [6.07, 6.45) is 7.67. The number of nitrogens with zero attached hydrogens (tertiary/aromatic N) is 2. The van der Waals surface area contributed by atoms with Gasteiger partial charge in [-0.1, -0.05) is 6.42 Å². The lowest BCUT2D eigenvalue weighted by Crippen LogP contribution is -2.20. The van der Waals surface area contributed by atoms with Gasteiger partial charge >= 0.3 is 5.97 Å². The molecule has 1 heterocycles. The van der Waals surface area contributed by atoms with Crippen molar-refractivity contribution in [1.82, 2.24) is 9.97 Å². The molecule has 1 N–H and O–H groups in total. The quantitative estimate of drug-likeness (QED) is 0.848. The molecule has 5 heteroatoms. The minimum Gasteiger partial charge on any atom is -0.481 e. The van der Waals surface area contributed by atoms with Crippen LogP contribution < -0.4 is 0 Å². The Hall–Kier alpha value is -1.10. The van der Waals surface area contributed by atoms with E-state index in [-0.39, 0.29) is 11.2 Å². The second-order valence-electron chi connectivity index (χ2n) is 3.58. The Morgan fingerprint density at radius 2 is 2.33 bits per heavy atom. The Morgan fingerprint density at radius 1 is 1.47 bits per heavy atom. The number of thioether (sulfide) groups is 1. The van der Waals surface area contributed by atoms with E-state index in [0.29, 0.717) is 0 Å². The van der Waals surface area contributed by atoms with Gasteiger partial charge in [-0.3, -0.25) is 9.78 Å². The Bertz CT molecular complexity index is 345. The molecule has 80 valence electrons. The molecule has 1 aliphatic rings. The summed E-state index contributed by atoms with van der Waals surface area (Å²) in [4.78, 5) is 19.1. The van der Waals surface area contributed by atoms with Crippen molar-refractivity contribution in [2.24, 2.45) is 5.92 Å². The molecule has 1 saturated carbocycles. The van der Waals surface area contributed by atoms with Crippen LogP contribution in [0.4, 0.5) is 0 Å². The SMILES string of the molecule is O=C(O)C1CCCC1Sc1cnccn1. The fourth-order valence-electron chi connectivity index (χ4n) is 1.85. The van der Waals surface area contributed by atoms with Crippen molar-refractivity contribution in [2.45, 2.75) is 29.5 Å². The van der Waals surface area contributed by atoms with Crippen LogP contribution in [-0.2, 0) is 4.79 Å². The van der Waals surface area contributed by atoms with E-state index in [1.165, 1.54) is 11.8 Å². The standard InChI is InChI=1S/C10H12N2O2S/c13-10(14)7-2-1-3-8(7)15-9-6-11-4-5-12-9/h4-8H,1-3H2,(H,13,14). The summed E-state index contributed by atoms with van der Waals surface area (Å²) in [5, 5.41) is 9.98. The van der Waals surface area contributed by atoms with Crippen molar-refractivity contribution in [3.05, 3.63) is 18.6 Å². The van der Waals surface area contributed by atoms with Crippen molar-refractivity contribution in [3.63, 3.8) is 0 Å². The van der Waals surface area contributed by atoms with Gasteiger partial charge in [-0.2, -0.15) is 0 Å². The van der Waals surface area contributed by atoms with Gasteiger partial charge in [0.1, 0.15) is 5.03 Å². The number of hydrogen-bond donors (Lipinski definition) is 1. The maximum Gasteiger partial charge on any atom is 0.307 e. The third-order valence-electron chi connectivity index (χ3n) is 2.58. The topological polar surface area (TPSA) is 63.1 Å². The van der Waals surface area contributed by atoms with Crippen molar-refractivity contribution in [2.75, 3.05) is 0 Å². The van der Waals surface area contributed by atoms with Crippen molar-refractivity contribution >= 4 is 17.7 Å². The van der Waals surface area contributed by atoms with Gasteiger partial charge in [0.15, 0.2) is 0 Å². The molecule has 2 rings (SSSR count). The number of carboxylic acids is 1. The Morgan fingerprint density at radius 3 is 3.00 bits per heavy atom. The van der Waals surface area contributed by atoms with Gasteiger partial charge in [0.2, 0.25) is 0 Å². The molecular weight excluding hydrogens is 212 g/mol. The number of carbonyl (C=O) groups is 1. The lowest BCUT2D eigenvalue weighted by atomic mass is 10.1. The summed E-state index contributed by atoms with van der Waals surface area (Å²) in [6.45, 7) is 0. The molecule has 0 spiro atoms. The summed E-state index contributed by atoms with van der Waals surface area (Å²) >= 11 is 1.53. The van der Waals surface area contributed by atoms with Gasteiger partial charge in [0.25, 0.3) is 0 Å². The molecule has 0 saturated heterocycles. The zero-order valence-corrected chi connectivity index (χ0v) is 8.98. The van der Waals surface area contributed by atoms with Crippen LogP contribution in [0.2, 0.25) is 0 Å². The molecule has 4 nitrogen and oxygen atoms in total. The van der Waals surface area contributed by atoms with Crippen LogP contribution in [0.15, 0.2) is 23.6 Å². The molecule has 1 aromatic rings. The lowest BCUT2D eigenvalue weighted by Gasteiger charge is -2.13. The predicted octanol–water partition coefficient (Wildman–Crippen LogP) is 1.82. The normalized spacial score (nSPS) is 25.3. The molecule has 0 amide bonds. The van der Waals surface area contributed by atoms with Crippen LogP contribution in [0.25, 0.3) is 0 Å². The first kappa shape index (κ1) is 10.4. The maximum absolute atomic E-state index is 11.0. The number of hydrogen-bond acceptors (Lipinski definition) is 4. The van der Waals surface area contributed by atoms with Crippen LogP contribution in [0.5, 0.6) is 0 Å². The molecule has 1 aliphatic carbocycles. The highest BCUT2D eigenvalue weighted by Crippen LogP contribution is 2.38. The number of rotatable bonds is 3. The molecule has 0 aromatic carbocycles. The molecular formula is C10H12N2O2S. The second-order valence-corrected chi connectivity index (χ2v) is 4.84. The zero-order valence-electron chi connectivity index (χ0n) is 8.17. The van der Waals surface area contributed by atoms with E-state index in [1.807, 2.05) is 0 Å². The van der Waals surface area contributed by atoms with Crippen molar-refractivity contribution in [3.8, 4) is 0 Å². The van der Waals surface area contributed by atoms with Gasteiger partial charge in [-0.05, 0) is 12.8 Å². The van der Waals surface area contributed by atoms with Gasteiger partial charge < -0.3 is 5.11 Å². The summed E-state index contributed by atoms with van der Waals surface area (Å²) in [5.41, 5.74) is 0. The molecule has 0 aliphatic heterocycles. The van der Waals surface area contributed by atoms with E-state index in [2.05, 4.69) is 9.97 Å². The highest BCUT2D eigenvalue weighted by molar-refractivity contribution is 7.99. The summed E-state index contributed by atoms with van der Waals surface area (Å²) in [7, 11) is 0. The monoisotopic (exact) mass is 224 g/mol. The van der Waals surface area contributed by atoms with E-state index in [9.17, 15) is 4.79 Å². The Kier molecular flexibility index (Phi) is 3.20. The average molecular weight is 224 g/mol. The smallest absolute Gasteiger partial charge is 0.307 e. The average Bonchev–Trinajstić information content (AvgIpc) is 2.67. The molecule has 1 fully saturated rings. The third kappa shape index (κ3) is 2.47. The molecule has 2 atom stereocenters.